The fraction of sp³-hybridized carbons (Fsp3) is 0.0625. The van der Waals surface area contributed by atoms with E-state index in [1.807, 2.05) is 13.0 Å². The van der Waals surface area contributed by atoms with E-state index < -0.39 is 0 Å². The first kappa shape index (κ1) is 12.9. The number of nitrogens with one attached hydrogen (secondary N) is 1. The maximum Gasteiger partial charge on any atom is 0.196 e. The van der Waals surface area contributed by atoms with Crippen LogP contribution in [0.5, 0.6) is 0 Å². The fourth-order valence-corrected chi connectivity index (χ4v) is 2.46. The van der Waals surface area contributed by atoms with Gasteiger partial charge in [-0.1, -0.05) is 23.7 Å². The summed E-state index contributed by atoms with van der Waals surface area (Å²) in [5.74, 6) is -0.586. The van der Waals surface area contributed by atoms with Gasteiger partial charge in [-0.25, -0.2) is 4.39 Å². The van der Waals surface area contributed by atoms with Crippen LogP contribution in [-0.4, -0.2) is 10.8 Å². The Morgan fingerprint density at radius 3 is 2.80 bits per heavy atom. The van der Waals surface area contributed by atoms with Crippen molar-refractivity contribution in [3.05, 3.63) is 70.1 Å². The highest BCUT2D eigenvalue weighted by Gasteiger charge is 2.17. The number of hydrogen-bond donors (Lipinski definition) is 1. The highest BCUT2D eigenvalue weighted by Crippen LogP contribution is 2.27. The van der Waals surface area contributed by atoms with Crippen LogP contribution in [0.3, 0.4) is 0 Å². The first-order chi connectivity index (χ1) is 9.58. The Balaban J connectivity index is 2.18. The second kappa shape index (κ2) is 4.76. The van der Waals surface area contributed by atoms with Gasteiger partial charge >= 0.3 is 0 Å². The molecule has 1 N–H and O–H groups in total. The standard InChI is InChI=1S/C16H11ClFNO/c1-9-3-2-4-11(15(9)17)16(20)13-8-19-14-6-5-10(18)7-12(13)14/h2-8,19H,1H3. The SMILES string of the molecule is Cc1cccc(C(=O)c2c[nH]c3ccc(F)cc23)c1Cl. The number of halogens is 2. The molecule has 3 rings (SSSR count). The van der Waals surface area contributed by atoms with Gasteiger partial charge in [-0.15, -0.1) is 0 Å². The Morgan fingerprint density at radius 1 is 1.20 bits per heavy atom. The van der Waals surface area contributed by atoms with Crippen LogP contribution in [0.1, 0.15) is 21.5 Å². The van der Waals surface area contributed by atoms with Crippen LogP contribution in [0, 0.1) is 12.7 Å². The van der Waals surface area contributed by atoms with Gasteiger partial charge in [-0.3, -0.25) is 4.79 Å². The van der Waals surface area contributed by atoms with E-state index >= 15 is 0 Å². The third-order valence-corrected chi connectivity index (χ3v) is 3.83. The summed E-state index contributed by atoms with van der Waals surface area (Å²) in [6, 6.07) is 9.61. The Kier molecular flexibility index (Phi) is 3.07. The molecule has 0 bridgehead atoms. The lowest BCUT2D eigenvalue weighted by Crippen LogP contribution is -2.02. The van der Waals surface area contributed by atoms with Crippen molar-refractivity contribution < 1.29 is 9.18 Å². The molecule has 0 aliphatic heterocycles. The molecular weight excluding hydrogens is 277 g/mol. The minimum absolute atomic E-state index is 0.212. The maximum absolute atomic E-state index is 13.4. The third-order valence-electron chi connectivity index (χ3n) is 3.32. The Morgan fingerprint density at radius 2 is 2.00 bits per heavy atom. The Labute approximate surface area is 120 Å². The average molecular weight is 288 g/mol. The molecule has 1 aromatic heterocycles. The molecule has 2 aromatic carbocycles. The molecule has 0 saturated carbocycles. The summed E-state index contributed by atoms with van der Waals surface area (Å²) in [7, 11) is 0. The summed E-state index contributed by atoms with van der Waals surface area (Å²) in [4.78, 5) is 15.5. The molecule has 0 spiro atoms. The molecule has 0 amide bonds. The van der Waals surface area contributed by atoms with Crippen LogP contribution in [0.25, 0.3) is 10.9 Å². The predicted molar refractivity (Wildman–Crippen MR) is 77.9 cm³/mol. The zero-order chi connectivity index (χ0) is 14.3. The number of aryl methyl sites for hydroxylation is 1. The van der Waals surface area contributed by atoms with Crippen LogP contribution in [0.4, 0.5) is 4.39 Å². The first-order valence-electron chi connectivity index (χ1n) is 6.14. The molecule has 0 radical (unpaired) electrons. The van der Waals surface area contributed by atoms with E-state index in [9.17, 15) is 9.18 Å². The molecule has 20 heavy (non-hydrogen) atoms. The van der Waals surface area contributed by atoms with Crippen LogP contribution >= 0.6 is 11.6 Å². The van der Waals surface area contributed by atoms with Gasteiger partial charge in [-0.05, 0) is 36.8 Å². The molecule has 2 nitrogen and oxygen atoms in total. The van der Waals surface area contributed by atoms with Gasteiger partial charge in [0.05, 0.1) is 5.02 Å². The summed E-state index contributed by atoms with van der Waals surface area (Å²) >= 11 is 6.18. The summed E-state index contributed by atoms with van der Waals surface area (Å²) in [5.41, 5.74) is 2.41. The summed E-state index contributed by atoms with van der Waals surface area (Å²) in [6.07, 6.45) is 1.59. The van der Waals surface area contributed by atoms with Crippen molar-refractivity contribution in [2.75, 3.05) is 0 Å². The van der Waals surface area contributed by atoms with Crippen molar-refractivity contribution in [3.8, 4) is 0 Å². The summed E-state index contributed by atoms with van der Waals surface area (Å²) < 4.78 is 13.4. The predicted octanol–water partition coefficient (Wildman–Crippen LogP) is 4.50. The van der Waals surface area contributed by atoms with Gasteiger partial charge in [0.25, 0.3) is 0 Å². The van der Waals surface area contributed by atoms with Crippen LogP contribution in [-0.2, 0) is 0 Å². The molecule has 0 fully saturated rings. The van der Waals surface area contributed by atoms with Gasteiger partial charge < -0.3 is 4.98 Å². The lowest BCUT2D eigenvalue weighted by Gasteiger charge is -2.05. The topological polar surface area (TPSA) is 32.9 Å². The van der Waals surface area contributed by atoms with Crippen LogP contribution in [0.2, 0.25) is 5.02 Å². The number of carbonyl (C=O) groups excluding carboxylic acids is 1. The zero-order valence-electron chi connectivity index (χ0n) is 10.7. The lowest BCUT2D eigenvalue weighted by molar-refractivity contribution is 0.104. The highest BCUT2D eigenvalue weighted by molar-refractivity contribution is 6.36. The molecule has 1 heterocycles. The number of H-pyrrole nitrogens is 1. The zero-order valence-corrected chi connectivity index (χ0v) is 11.5. The molecule has 0 atom stereocenters. The number of ketones is 1. The summed E-state index contributed by atoms with van der Waals surface area (Å²) in [6.45, 7) is 1.84. The minimum atomic E-state index is -0.374. The van der Waals surface area contributed by atoms with Gasteiger partial charge in [0.15, 0.2) is 5.78 Å². The maximum atomic E-state index is 13.4. The minimum Gasteiger partial charge on any atom is -0.360 e. The Bertz CT molecular complexity index is 822. The van der Waals surface area contributed by atoms with Crippen LogP contribution in [0.15, 0.2) is 42.6 Å². The van der Waals surface area contributed by atoms with Gasteiger partial charge in [-0.2, -0.15) is 0 Å². The average Bonchev–Trinajstić information content (AvgIpc) is 2.84. The van der Waals surface area contributed by atoms with Crippen molar-refractivity contribution in [2.45, 2.75) is 6.92 Å². The number of aromatic amines is 1. The molecule has 0 saturated heterocycles. The van der Waals surface area contributed by atoms with Gasteiger partial charge in [0.1, 0.15) is 5.82 Å². The first-order valence-corrected chi connectivity index (χ1v) is 6.52. The van der Waals surface area contributed by atoms with Crippen molar-refractivity contribution in [2.24, 2.45) is 0 Å². The van der Waals surface area contributed by atoms with Crippen molar-refractivity contribution in [1.82, 2.24) is 4.98 Å². The second-order valence-electron chi connectivity index (χ2n) is 4.66. The molecule has 0 aliphatic rings. The van der Waals surface area contributed by atoms with E-state index in [-0.39, 0.29) is 11.6 Å². The number of fused-ring (bicyclic) bond motifs is 1. The number of benzene rings is 2. The van der Waals surface area contributed by atoms with Crippen molar-refractivity contribution in [1.29, 1.82) is 0 Å². The summed E-state index contributed by atoms with van der Waals surface area (Å²) in [5, 5.41) is 0.996. The largest absolute Gasteiger partial charge is 0.360 e. The molecule has 3 aromatic rings. The molecular formula is C16H11ClFNO. The smallest absolute Gasteiger partial charge is 0.196 e. The monoisotopic (exact) mass is 287 g/mol. The van der Waals surface area contributed by atoms with Crippen molar-refractivity contribution in [3.63, 3.8) is 0 Å². The number of aromatic nitrogens is 1. The highest BCUT2D eigenvalue weighted by atomic mass is 35.5. The number of hydrogen-bond acceptors (Lipinski definition) is 1. The molecule has 100 valence electrons. The fourth-order valence-electron chi connectivity index (χ4n) is 2.25. The third kappa shape index (κ3) is 2.00. The lowest BCUT2D eigenvalue weighted by atomic mass is 10.0. The van der Waals surface area contributed by atoms with E-state index in [1.54, 1.807) is 24.4 Å². The Hall–Kier alpha value is -2.13. The van der Waals surface area contributed by atoms with E-state index in [0.717, 1.165) is 11.1 Å². The molecule has 0 aliphatic carbocycles. The quantitative estimate of drug-likeness (QED) is 0.692. The van der Waals surface area contributed by atoms with E-state index in [0.29, 0.717) is 21.5 Å². The van der Waals surface area contributed by atoms with Gasteiger partial charge in [0.2, 0.25) is 0 Å². The van der Waals surface area contributed by atoms with E-state index in [2.05, 4.69) is 4.98 Å². The van der Waals surface area contributed by atoms with Crippen molar-refractivity contribution >= 4 is 28.3 Å². The van der Waals surface area contributed by atoms with E-state index in [1.165, 1.54) is 12.1 Å². The molecule has 4 heteroatoms. The normalized spacial score (nSPS) is 10.9. The van der Waals surface area contributed by atoms with Gasteiger partial charge in [0, 0.05) is 28.2 Å². The number of carbonyl (C=O) groups is 1. The molecule has 0 unspecified atom stereocenters. The second-order valence-corrected chi connectivity index (χ2v) is 5.04. The number of rotatable bonds is 2. The van der Waals surface area contributed by atoms with E-state index in [4.69, 9.17) is 11.6 Å². The van der Waals surface area contributed by atoms with Crippen LogP contribution < -0.4 is 0 Å².